The van der Waals surface area contributed by atoms with Crippen molar-refractivity contribution in [1.82, 2.24) is 10.2 Å². The Kier molecular flexibility index (Phi) is 10.8. The van der Waals surface area contributed by atoms with E-state index in [0.717, 1.165) is 5.56 Å². The van der Waals surface area contributed by atoms with Crippen molar-refractivity contribution >= 4 is 35.0 Å². The van der Waals surface area contributed by atoms with Gasteiger partial charge in [-0.3, -0.25) is 9.59 Å². The summed E-state index contributed by atoms with van der Waals surface area (Å²) in [5, 5.41) is 3.94. The maximum absolute atomic E-state index is 13.8. The molecule has 0 aliphatic heterocycles. The average molecular weight is 570 g/mol. The number of carbonyl (C=O) groups excluding carboxylic acids is 2. The Morgan fingerprint density at radius 3 is 2.21 bits per heavy atom. The topological polar surface area (TPSA) is 58.6 Å². The van der Waals surface area contributed by atoms with E-state index < -0.39 is 6.04 Å². The maximum atomic E-state index is 13.8. The third-order valence-corrected chi connectivity index (χ3v) is 6.98. The summed E-state index contributed by atoms with van der Waals surface area (Å²) in [5.41, 5.74) is 2.82. The molecule has 3 aromatic rings. The first-order valence-electron chi connectivity index (χ1n) is 13.2. The smallest absolute Gasteiger partial charge is 0.261 e. The zero-order valence-electron chi connectivity index (χ0n) is 23.3. The second-order valence-electron chi connectivity index (χ2n) is 11.2. The van der Waals surface area contributed by atoms with Crippen LogP contribution in [0.1, 0.15) is 51.3 Å². The van der Waals surface area contributed by atoms with Crippen molar-refractivity contribution in [3.63, 3.8) is 0 Å². The van der Waals surface area contributed by atoms with Crippen LogP contribution < -0.4 is 10.1 Å². The summed E-state index contributed by atoms with van der Waals surface area (Å²) in [7, 11) is 0. The largest absolute Gasteiger partial charge is 0.484 e. The molecule has 0 spiro atoms. The van der Waals surface area contributed by atoms with Crippen molar-refractivity contribution in [2.45, 2.75) is 59.0 Å². The number of nitrogens with one attached hydrogen (secondary N) is 1. The number of hydrogen-bond acceptors (Lipinski definition) is 3. The normalized spacial score (nSPS) is 12.2. The number of halogens is 2. The van der Waals surface area contributed by atoms with Gasteiger partial charge in [0.1, 0.15) is 11.8 Å². The molecule has 39 heavy (non-hydrogen) atoms. The van der Waals surface area contributed by atoms with Crippen LogP contribution in [0.3, 0.4) is 0 Å². The SMILES string of the molecule is CC(C)CNC(=O)[C@@H](Cc1ccccc1)N(Cc1ccc(Cl)cc1Cl)C(=O)COc1ccc(C(C)(C)C)cc1. The lowest BCUT2D eigenvalue weighted by Gasteiger charge is -2.32. The predicted molar refractivity (Wildman–Crippen MR) is 159 cm³/mol. The minimum absolute atomic E-state index is 0.0109. The van der Waals surface area contributed by atoms with E-state index in [1.807, 2.05) is 68.4 Å². The second kappa shape index (κ2) is 13.9. The van der Waals surface area contributed by atoms with E-state index in [9.17, 15) is 9.59 Å². The zero-order chi connectivity index (χ0) is 28.6. The Morgan fingerprint density at radius 1 is 0.949 bits per heavy atom. The van der Waals surface area contributed by atoms with Crippen molar-refractivity contribution in [2.24, 2.45) is 5.92 Å². The molecule has 7 heteroatoms. The first-order valence-corrected chi connectivity index (χ1v) is 14.0. The highest BCUT2D eigenvalue weighted by Crippen LogP contribution is 2.26. The maximum Gasteiger partial charge on any atom is 0.261 e. The summed E-state index contributed by atoms with van der Waals surface area (Å²) >= 11 is 12.6. The molecule has 3 rings (SSSR count). The molecule has 208 valence electrons. The van der Waals surface area contributed by atoms with E-state index in [4.69, 9.17) is 27.9 Å². The zero-order valence-corrected chi connectivity index (χ0v) is 24.9. The van der Waals surface area contributed by atoms with Gasteiger partial charge in [0.25, 0.3) is 5.91 Å². The van der Waals surface area contributed by atoms with E-state index in [-0.39, 0.29) is 36.3 Å². The van der Waals surface area contributed by atoms with Crippen molar-refractivity contribution in [1.29, 1.82) is 0 Å². The lowest BCUT2D eigenvalue weighted by molar-refractivity contribution is -0.142. The first-order chi connectivity index (χ1) is 18.4. The van der Waals surface area contributed by atoms with Crippen LogP contribution in [0, 0.1) is 5.92 Å². The molecular weight excluding hydrogens is 531 g/mol. The molecule has 1 N–H and O–H groups in total. The Morgan fingerprint density at radius 2 is 1.62 bits per heavy atom. The number of amides is 2. The van der Waals surface area contributed by atoms with Gasteiger partial charge in [-0.15, -0.1) is 0 Å². The Bertz CT molecular complexity index is 1240. The number of rotatable bonds is 11. The predicted octanol–water partition coefficient (Wildman–Crippen LogP) is 7.08. The average Bonchev–Trinajstić information content (AvgIpc) is 2.89. The molecule has 0 aromatic heterocycles. The molecule has 0 heterocycles. The van der Waals surface area contributed by atoms with E-state index in [2.05, 4.69) is 26.1 Å². The Hall–Kier alpha value is -3.02. The summed E-state index contributed by atoms with van der Waals surface area (Å²) in [5.74, 6) is 0.312. The molecule has 0 unspecified atom stereocenters. The number of carbonyl (C=O) groups is 2. The molecule has 0 radical (unpaired) electrons. The quantitative estimate of drug-likeness (QED) is 0.269. The molecule has 0 aliphatic carbocycles. The van der Waals surface area contributed by atoms with Gasteiger partial charge in [0, 0.05) is 29.6 Å². The van der Waals surface area contributed by atoms with Crippen LogP contribution >= 0.6 is 23.2 Å². The van der Waals surface area contributed by atoms with Crippen LogP contribution in [-0.4, -0.2) is 35.9 Å². The Labute approximate surface area is 242 Å². The fraction of sp³-hybridized carbons (Fsp3) is 0.375. The first kappa shape index (κ1) is 30.5. The van der Waals surface area contributed by atoms with E-state index in [1.165, 1.54) is 5.56 Å². The fourth-order valence-electron chi connectivity index (χ4n) is 4.09. The summed E-state index contributed by atoms with van der Waals surface area (Å²) in [6.07, 6.45) is 0.349. The molecule has 0 fully saturated rings. The van der Waals surface area contributed by atoms with Gasteiger partial charge in [-0.05, 0) is 52.3 Å². The van der Waals surface area contributed by atoms with Gasteiger partial charge >= 0.3 is 0 Å². The summed E-state index contributed by atoms with van der Waals surface area (Å²) in [4.78, 5) is 28.8. The van der Waals surface area contributed by atoms with Crippen LogP contribution in [-0.2, 0) is 28.0 Å². The van der Waals surface area contributed by atoms with E-state index in [0.29, 0.717) is 34.3 Å². The molecule has 1 atom stereocenters. The molecule has 2 amide bonds. The number of ether oxygens (including phenoxy) is 1. The van der Waals surface area contributed by atoms with Crippen LogP contribution in [0.5, 0.6) is 5.75 Å². The molecule has 0 saturated carbocycles. The minimum atomic E-state index is -0.766. The lowest BCUT2D eigenvalue weighted by atomic mass is 9.87. The third kappa shape index (κ3) is 9.29. The van der Waals surface area contributed by atoms with Crippen LogP contribution in [0.4, 0.5) is 0 Å². The highest BCUT2D eigenvalue weighted by Gasteiger charge is 2.31. The fourth-order valence-corrected chi connectivity index (χ4v) is 4.56. The Balaban J connectivity index is 1.90. The van der Waals surface area contributed by atoms with E-state index >= 15 is 0 Å². The highest BCUT2D eigenvalue weighted by atomic mass is 35.5. The highest BCUT2D eigenvalue weighted by molar-refractivity contribution is 6.35. The summed E-state index contributed by atoms with van der Waals surface area (Å²) in [6.45, 7) is 10.9. The van der Waals surface area contributed by atoms with Gasteiger partial charge in [-0.1, -0.05) is 106 Å². The minimum Gasteiger partial charge on any atom is -0.484 e. The van der Waals surface area contributed by atoms with Gasteiger partial charge in [-0.25, -0.2) is 0 Å². The summed E-state index contributed by atoms with van der Waals surface area (Å²) < 4.78 is 5.90. The number of nitrogens with zero attached hydrogens (tertiary/aromatic N) is 1. The monoisotopic (exact) mass is 568 g/mol. The van der Waals surface area contributed by atoms with E-state index in [1.54, 1.807) is 23.1 Å². The third-order valence-electron chi connectivity index (χ3n) is 6.39. The van der Waals surface area contributed by atoms with Gasteiger partial charge in [0.2, 0.25) is 5.91 Å². The van der Waals surface area contributed by atoms with Crippen LogP contribution in [0.15, 0.2) is 72.8 Å². The van der Waals surface area contributed by atoms with Crippen molar-refractivity contribution in [2.75, 3.05) is 13.2 Å². The number of hydrogen-bond donors (Lipinski definition) is 1. The van der Waals surface area contributed by atoms with Crippen molar-refractivity contribution in [3.8, 4) is 5.75 Å². The van der Waals surface area contributed by atoms with Crippen molar-refractivity contribution < 1.29 is 14.3 Å². The molecule has 0 bridgehead atoms. The second-order valence-corrected chi connectivity index (χ2v) is 12.0. The molecule has 0 aliphatic rings. The number of benzene rings is 3. The van der Waals surface area contributed by atoms with Crippen molar-refractivity contribution in [3.05, 3.63) is 99.5 Å². The molecule has 0 saturated heterocycles. The molecule has 5 nitrogen and oxygen atoms in total. The summed E-state index contributed by atoms with van der Waals surface area (Å²) in [6, 6.07) is 21.8. The standard InChI is InChI=1S/C32H38Cl2N2O3/c1-22(2)19-35-31(38)29(17-23-9-7-6-8-10-23)36(20-24-11-14-26(33)18-28(24)34)30(37)21-39-27-15-12-25(13-16-27)32(3,4)5/h6-16,18,22,29H,17,19-21H2,1-5H3,(H,35,38)/t29-/m1/s1. The van der Waals surface area contributed by atoms with Crippen LogP contribution in [0.2, 0.25) is 10.0 Å². The van der Waals surface area contributed by atoms with Gasteiger partial charge < -0.3 is 15.0 Å². The van der Waals surface area contributed by atoms with Gasteiger partial charge in [-0.2, -0.15) is 0 Å². The lowest BCUT2D eigenvalue weighted by Crippen LogP contribution is -2.52. The van der Waals surface area contributed by atoms with Gasteiger partial charge in [0.15, 0.2) is 6.61 Å². The van der Waals surface area contributed by atoms with Gasteiger partial charge in [0.05, 0.1) is 0 Å². The van der Waals surface area contributed by atoms with Crippen LogP contribution in [0.25, 0.3) is 0 Å². The molecular formula is C32H38Cl2N2O3. The molecule has 3 aromatic carbocycles.